The van der Waals surface area contributed by atoms with Crippen molar-refractivity contribution in [1.29, 1.82) is 0 Å². The van der Waals surface area contributed by atoms with Crippen LogP contribution in [0.5, 0.6) is 0 Å². The fourth-order valence-electron chi connectivity index (χ4n) is 3.00. The summed E-state index contributed by atoms with van der Waals surface area (Å²) in [6.07, 6.45) is -0.676. The van der Waals surface area contributed by atoms with Gasteiger partial charge in [0.1, 0.15) is 12.6 Å². The lowest BCUT2D eigenvalue weighted by Gasteiger charge is -2.18. The van der Waals surface area contributed by atoms with Gasteiger partial charge in [0.05, 0.1) is 12.7 Å². The Morgan fingerprint density at radius 3 is 2.09 bits per heavy atom. The van der Waals surface area contributed by atoms with E-state index < -0.39 is 18.1 Å². The predicted octanol–water partition coefficient (Wildman–Crippen LogP) is 4.64. The molecule has 0 spiro atoms. The van der Waals surface area contributed by atoms with Gasteiger partial charge >= 0.3 is 12.1 Å². The highest BCUT2D eigenvalue weighted by Gasteiger charge is 2.22. The Balaban J connectivity index is 1.61. The van der Waals surface area contributed by atoms with Crippen LogP contribution in [0.1, 0.15) is 21.5 Å². The van der Waals surface area contributed by atoms with Crippen LogP contribution < -0.4 is 10.6 Å². The Labute approximate surface area is 202 Å². The number of rotatable bonds is 10. The summed E-state index contributed by atoms with van der Waals surface area (Å²) in [5.41, 5.74) is 2.84. The van der Waals surface area contributed by atoms with Crippen LogP contribution >= 0.6 is 11.8 Å². The molecule has 2 amide bonds. The van der Waals surface area contributed by atoms with E-state index in [0.29, 0.717) is 22.8 Å². The van der Waals surface area contributed by atoms with Gasteiger partial charge in [0, 0.05) is 17.2 Å². The molecule has 3 aromatic rings. The van der Waals surface area contributed by atoms with Crippen molar-refractivity contribution in [2.75, 3.05) is 18.2 Å². The van der Waals surface area contributed by atoms with Crippen molar-refractivity contribution < 1.29 is 23.9 Å². The van der Waals surface area contributed by atoms with Gasteiger partial charge in [0.15, 0.2) is 0 Å². The standard InChI is InChI=1S/C26H26N2O5S/c1-32-25(30)21-12-14-22(15-13-21)27-24(29)23(18-34-17-20-10-6-3-7-11-20)28-26(31)33-16-19-8-4-2-5-9-19/h2-15,23H,16-18H2,1H3,(H,27,29)(H,28,31). The number of methoxy groups -OCH3 is 1. The third-order valence-electron chi connectivity index (χ3n) is 4.79. The van der Waals surface area contributed by atoms with Crippen molar-refractivity contribution in [2.45, 2.75) is 18.4 Å². The number of ether oxygens (including phenoxy) is 2. The number of hydrogen-bond donors (Lipinski definition) is 2. The first-order valence-corrected chi connectivity index (χ1v) is 11.8. The number of nitrogens with one attached hydrogen (secondary N) is 2. The number of esters is 1. The Morgan fingerprint density at radius 1 is 0.853 bits per heavy atom. The molecule has 1 unspecified atom stereocenters. The van der Waals surface area contributed by atoms with Crippen LogP contribution in [0.25, 0.3) is 0 Å². The molecule has 7 nitrogen and oxygen atoms in total. The molecule has 176 valence electrons. The molecular formula is C26H26N2O5S. The molecule has 34 heavy (non-hydrogen) atoms. The van der Waals surface area contributed by atoms with Crippen molar-refractivity contribution in [3.05, 3.63) is 102 Å². The molecule has 0 aromatic heterocycles. The van der Waals surface area contributed by atoms with E-state index in [2.05, 4.69) is 15.4 Å². The number of anilines is 1. The van der Waals surface area contributed by atoms with Crippen molar-refractivity contribution in [1.82, 2.24) is 5.32 Å². The largest absolute Gasteiger partial charge is 0.465 e. The number of carbonyl (C=O) groups excluding carboxylic acids is 3. The molecule has 0 aliphatic carbocycles. The first-order valence-electron chi connectivity index (χ1n) is 10.6. The van der Waals surface area contributed by atoms with Gasteiger partial charge in [-0.2, -0.15) is 11.8 Å². The number of carbonyl (C=O) groups is 3. The van der Waals surface area contributed by atoms with Crippen LogP contribution in [-0.2, 0) is 26.6 Å². The fraction of sp³-hybridized carbons (Fsp3) is 0.192. The molecule has 8 heteroatoms. The zero-order valence-corrected chi connectivity index (χ0v) is 19.5. The van der Waals surface area contributed by atoms with E-state index in [1.165, 1.54) is 18.9 Å². The summed E-state index contributed by atoms with van der Waals surface area (Å²) in [5, 5.41) is 5.44. The van der Waals surface area contributed by atoms with Crippen LogP contribution in [0.15, 0.2) is 84.9 Å². The molecule has 0 fully saturated rings. The molecule has 3 aromatic carbocycles. The summed E-state index contributed by atoms with van der Waals surface area (Å²) in [6, 6.07) is 24.7. The first-order chi connectivity index (χ1) is 16.5. The van der Waals surface area contributed by atoms with Gasteiger partial charge in [-0.05, 0) is 35.4 Å². The zero-order valence-electron chi connectivity index (χ0n) is 18.7. The van der Waals surface area contributed by atoms with Gasteiger partial charge in [-0.15, -0.1) is 0 Å². The minimum atomic E-state index is -0.822. The van der Waals surface area contributed by atoms with E-state index in [9.17, 15) is 14.4 Å². The van der Waals surface area contributed by atoms with E-state index >= 15 is 0 Å². The second-order valence-corrected chi connectivity index (χ2v) is 8.35. The van der Waals surface area contributed by atoms with Gasteiger partial charge in [-0.3, -0.25) is 4.79 Å². The average Bonchev–Trinajstić information content (AvgIpc) is 2.88. The van der Waals surface area contributed by atoms with Crippen LogP contribution in [0, 0.1) is 0 Å². The summed E-state index contributed by atoms with van der Waals surface area (Å²) < 4.78 is 9.97. The predicted molar refractivity (Wildman–Crippen MR) is 133 cm³/mol. The van der Waals surface area contributed by atoms with E-state index in [4.69, 9.17) is 4.74 Å². The Kier molecular flexibility index (Phi) is 9.54. The van der Waals surface area contributed by atoms with Crippen LogP contribution in [0.2, 0.25) is 0 Å². The zero-order chi connectivity index (χ0) is 24.2. The van der Waals surface area contributed by atoms with Crippen molar-refractivity contribution >= 4 is 35.4 Å². The van der Waals surface area contributed by atoms with Crippen molar-refractivity contribution in [2.24, 2.45) is 0 Å². The Morgan fingerprint density at radius 2 is 1.47 bits per heavy atom. The highest BCUT2D eigenvalue weighted by Crippen LogP contribution is 2.15. The van der Waals surface area contributed by atoms with E-state index in [0.717, 1.165) is 11.1 Å². The Hall–Kier alpha value is -3.78. The number of hydrogen-bond acceptors (Lipinski definition) is 6. The molecule has 0 radical (unpaired) electrons. The lowest BCUT2D eigenvalue weighted by Crippen LogP contribution is -2.45. The second-order valence-electron chi connectivity index (χ2n) is 7.32. The average molecular weight is 479 g/mol. The summed E-state index contributed by atoms with van der Waals surface area (Å²) in [4.78, 5) is 37.0. The SMILES string of the molecule is COC(=O)c1ccc(NC(=O)C(CSCc2ccccc2)NC(=O)OCc2ccccc2)cc1. The first kappa shape index (κ1) is 24.9. The lowest BCUT2D eigenvalue weighted by molar-refractivity contribution is -0.117. The summed E-state index contributed by atoms with van der Waals surface area (Å²) in [6.45, 7) is 0.104. The molecule has 0 saturated heterocycles. The maximum Gasteiger partial charge on any atom is 0.408 e. The maximum atomic E-state index is 13.0. The molecule has 0 aliphatic rings. The van der Waals surface area contributed by atoms with Crippen LogP contribution in [0.3, 0.4) is 0 Å². The number of thioether (sulfide) groups is 1. The molecule has 3 rings (SSSR count). The third kappa shape index (κ3) is 7.97. The van der Waals surface area contributed by atoms with Crippen molar-refractivity contribution in [3.8, 4) is 0 Å². The Bertz CT molecular complexity index is 1080. The smallest absolute Gasteiger partial charge is 0.408 e. The molecule has 1 atom stereocenters. The minimum Gasteiger partial charge on any atom is -0.465 e. The minimum absolute atomic E-state index is 0.104. The van der Waals surface area contributed by atoms with Gasteiger partial charge < -0.3 is 20.1 Å². The molecule has 0 heterocycles. The molecule has 0 saturated carbocycles. The van der Waals surface area contributed by atoms with E-state index in [-0.39, 0.29) is 12.5 Å². The fourth-order valence-corrected chi connectivity index (χ4v) is 4.01. The van der Waals surface area contributed by atoms with Crippen molar-refractivity contribution in [3.63, 3.8) is 0 Å². The number of benzene rings is 3. The van der Waals surface area contributed by atoms with E-state index in [1.807, 2.05) is 60.7 Å². The number of amides is 2. The van der Waals surface area contributed by atoms with Gasteiger partial charge in [0.25, 0.3) is 0 Å². The quantitative estimate of drug-likeness (QED) is 0.413. The molecular weight excluding hydrogens is 452 g/mol. The van der Waals surface area contributed by atoms with Gasteiger partial charge in [-0.1, -0.05) is 60.7 Å². The topological polar surface area (TPSA) is 93.7 Å². The molecule has 0 bridgehead atoms. The normalized spacial score (nSPS) is 11.2. The van der Waals surface area contributed by atoms with Gasteiger partial charge in [-0.25, -0.2) is 9.59 Å². The maximum absolute atomic E-state index is 13.0. The third-order valence-corrected chi connectivity index (χ3v) is 5.90. The van der Waals surface area contributed by atoms with Crippen LogP contribution in [0.4, 0.5) is 10.5 Å². The van der Waals surface area contributed by atoms with E-state index in [1.54, 1.807) is 24.3 Å². The number of alkyl carbamates (subject to hydrolysis) is 1. The molecule has 0 aliphatic heterocycles. The second kappa shape index (κ2) is 13.1. The molecule has 2 N–H and O–H groups in total. The highest BCUT2D eigenvalue weighted by molar-refractivity contribution is 7.98. The monoisotopic (exact) mass is 478 g/mol. The summed E-state index contributed by atoms with van der Waals surface area (Å²) >= 11 is 1.53. The van der Waals surface area contributed by atoms with Crippen LogP contribution in [-0.4, -0.2) is 36.9 Å². The highest BCUT2D eigenvalue weighted by atomic mass is 32.2. The summed E-state index contributed by atoms with van der Waals surface area (Å²) in [7, 11) is 1.30. The lowest BCUT2D eigenvalue weighted by atomic mass is 10.2. The van der Waals surface area contributed by atoms with Gasteiger partial charge in [0.2, 0.25) is 5.91 Å². The summed E-state index contributed by atoms with van der Waals surface area (Å²) in [5.74, 6) is 0.194.